The van der Waals surface area contributed by atoms with Gasteiger partial charge in [-0.2, -0.15) is 0 Å². The Morgan fingerprint density at radius 1 is 1.21 bits per heavy atom. The number of carbonyl (C=O) groups excluding carboxylic acids is 1. The number of benzene rings is 1. The van der Waals surface area contributed by atoms with Gasteiger partial charge in [-0.3, -0.25) is 9.59 Å². The van der Waals surface area contributed by atoms with E-state index in [1.54, 1.807) is 9.47 Å². The fraction of sp³-hybridized carbons (Fsp3) is 0.364. The molecular weight excluding hydrogens is 454 g/mol. The number of ether oxygens (including phenoxy) is 1. The molecule has 33 heavy (non-hydrogen) atoms. The highest BCUT2D eigenvalue weighted by atomic mass is 32.1. The van der Waals surface area contributed by atoms with E-state index in [9.17, 15) is 23.5 Å². The van der Waals surface area contributed by atoms with E-state index in [2.05, 4.69) is 10.2 Å². The zero-order chi connectivity index (χ0) is 22.9. The predicted molar refractivity (Wildman–Crippen MR) is 113 cm³/mol. The Balaban J connectivity index is 1.35. The molecule has 1 amide bonds. The molecule has 1 N–H and O–H groups in total. The SMILES string of the molecule is O=C1c2c(O)c(=O)c(-c3nnc(Cc4ccc(F)cc4F)s3)cn2C[C@@H]2O[C@H]3CC[C@H](C3)N12. The van der Waals surface area contributed by atoms with Crippen molar-refractivity contribution in [2.24, 2.45) is 0 Å². The van der Waals surface area contributed by atoms with Gasteiger partial charge in [0.2, 0.25) is 5.43 Å². The summed E-state index contributed by atoms with van der Waals surface area (Å²) in [5, 5.41) is 19.4. The van der Waals surface area contributed by atoms with Gasteiger partial charge in [-0.05, 0) is 30.9 Å². The summed E-state index contributed by atoms with van der Waals surface area (Å²) in [5.41, 5.74) is -0.420. The van der Waals surface area contributed by atoms with E-state index in [1.807, 2.05) is 0 Å². The van der Waals surface area contributed by atoms with E-state index in [0.717, 1.165) is 42.7 Å². The van der Waals surface area contributed by atoms with Gasteiger partial charge in [-0.15, -0.1) is 10.2 Å². The van der Waals surface area contributed by atoms with Gasteiger partial charge in [-0.25, -0.2) is 8.78 Å². The van der Waals surface area contributed by atoms with Gasteiger partial charge < -0.3 is 19.3 Å². The largest absolute Gasteiger partial charge is 0.503 e. The Morgan fingerprint density at radius 3 is 2.88 bits per heavy atom. The zero-order valence-electron chi connectivity index (χ0n) is 17.2. The van der Waals surface area contributed by atoms with E-state index < -0.39 is 34.9 Å². The molecule has 2 fully saturated rings. The van der Waals surface area contributed by atoms with Crippen LogP contribution in [0.15, 0.2) is 29.2 Å². The summed E-state index contributed by atoms with van der Waals surface area (Å²) < 4.78 is 34.7. The number of hydrogen-bond acceptors (Lipinski definition) is 7. The van der Waals surface area contributed by atoms with Crippen LogP contribution in [0.4, 0.5) is 8.78 Å². The molecule has 4 heterocycles. The first-order valence-electron chi connectivity index (χ1n) is 10.6. The van der Waals surface area contributed by atoms with Crippen LogP contribution in [0.2, 0.25) is 0 Å². The molecule has 11 heteroatoms. The Morgan fingerprint density at radius 2 is 2.06 bits per heavy atom. The molecule has 3 aromatic rings. The second-order valence-electron chi connectivity index (χ2n) is 8.53. The van der Waals surface area contributed by atoms with Gasteiger partial charge in [0, 0.05) is 24.7 Å². The fourth-order valence-electron chi connectivity index (χ4n) is 4.97. The van der Waals surface area contributed by atoms with Gasteiger partial charge >= 0.3 is 0 Å². The van der Waals surface area contributed by atoms with Crippen LogP contribution >= 0.6 is 11.3 Å². The van der Waals surface area contributed by atoms with E-state index >= 15 is 0 Å². The minimum Gasteiger partial charge on any atom is -0.503 e. The third-order valence-electron chi connectivity index (χ3n) is 6.51. The molecule has 6 rings (SSSR count). The van der Waals surface area contributed by atoms with Gasteiger partial charge in [0.05, 0.1) is 18.2 Å². The lowest BCUT2D eigenvalue weighted by molar-refractivity contribution is -0.132. The molecule has 0 radical (unpaired) electrons. The molecule has 2 aliphatic heterocycles. The number of hydrogen-bond donors (Lipinski definition) is 1. The van der Waals surface area contributed by atoms with Crippen molar-refractivity contribution in [3.8, 4) is 16.3 Å². The van der Waals surface area contributed by atoms with E-state index in [0.29, 0.717) is 11.6 Å². The second-order valence-corrected chi connectivity index (χ2v) is 9.59. The van der Waals surface area contributed by atoms with Crippen LogP contribution < -0.4 is 5.43 Å². The van der Waals surface area contributed by atoms with Crippen molar-refractivity contribution in [1.29, 1.82) is 0 Å². The first-order valence-corrected chi connectivity index (χ1v) is 11.4. The topological polar surface area (TPSA) is 97.5 Å². The maximum absolute atomic E-state index is 14.0. The fourth-order valence-corrected chi connectivity index (χ4v) is 5.84. The molecule has 170 valence electrons. The van der Waals surface area contributed by atoms with Crippen LogP contribution in [0, 0.1) is 11.6 Å². The standard InChI is InChI=1S/C22H18F2N4O4S/c23-11-2-1-10(15(24)6-11)5-16-25-26-21(33-16)14-8-27-9-17-28(12-3-4-13(7-12)32-17)22(31)18(27)20(30)19(14)29/h1-2,6,8,12-13,17,30H,3-5,7,9H2/t12-,13+,17+/m1/s1. The predicted octanol–water partition coefficient (Wildman–Crippen LogP) is 2.67. The average Bonchev–Trinajstić information content (AvgIpc) is 3.39. The molecule has 1 saturated heterocycles. The molecule has 1 aromatic carbocycles. The maximum atomic E-state index is 14.0. The summed E-state index contributed by atoms with van der Waals surface area (Å²) in [7, 11) is 0. The van der Waals surface area contributed by atoms with Crippen LogP contribution in [0.3, 0.4) is 0 Å². The molecule has 2 aromatic heterocycles. The van der Waals surface area contributed by atoms with Crippen LogP contribution in [-0.2, 0) is 17.7 Å². The third kappa shape index (κ3) is 3.25. The second kappa shape index (κ2) is 7.42. The van der Waals surface area contributed by atoms with Crippen molar-refractivity contribution in [2.45, 2.75) is 50.6 Å². The number of nitrogens with zero attached hydrogens (tertiary/aromatic N) is 4. The van der Waals surface area contributed by atoms with E-state index in [4.69, 9.17) is 4.74 Å². The molecule has 1 saturated carbocycles. The molecular formula is C22H18F2N4O4S. The Bertz CT molecular complexity index is 1360. The Labute approximate surface area is 190 Å². The van der Waals surface area contributed by atoms with Crippen LogP contribution in [0.25, 0.3) is 10.6 Å². The van der Waals surface area contributed by atoms with Crippen LogP contribution in [-0.4, -0.2) is 49.1 Å². The number of aromatic hydroxyl groups is 1. The summed E-state index contributed by atoms with van der Waals surface area (Å²) in [5.74, 6) is -2.41. The normalized spacial score (nSPS) is 23.5. The molecule has 3 atom stereocenters. The lowest BCUT2D eigenvalue weighted by Gasteiger charge is -2.44. The Kier molecular flexibility index (Phi) is 4.59. The molecule has 1 aliphatic carbocycles. The number of aromatic nitrogens is 3. The first kappa shape index (κ1) is 20.4. The molecule has 8 nitrogen and oxygen atoms in total. The van der Waals surface area contributed by atoms with Gasteiger partial charge in [0.1, 0.15) is 16.6 Å². The summed E-state index contributed by atoms with van der Waals surface area (Å²) in [6.07, 6.45) is 3.75. The number of amides is 1. The van der Waals surface area contributed by atoms with E-state index in [-0.39, 0.29) is 40.4 Å². The van der Waals surface area contributed by atoms with Crippen molar-refractivity contribution < 1.29 is 23.4 Å². The number of carbonyl (C=O) groups is 1. The van der Waals surface area contributed by atoms with Crippen molar-refractivity contribution in [2.75, 3.05) is 0 Å². The zero-order valence-corrected chi connectivity index (χ0v) is 18.0. The van der Waals surface area contributed by atoms with E-state index in [1.165, 1.54) is 12.3 Å². The van der Waals surface area contributed by atoms with Crippen LogP contribution in [0.1, 0.15) is 40.3 Å². The number of rotatable bonds is 3. The van der Waals surface area contributed by atoms with Crippen molar-refractivity contribution >= 4 is 17.2 Å². The van der Waals surface area contributed by atoms with Crippen molar-refractivity contribution in [3.63, 3.8) is 0 Å². The minimum absolute atomic E-state index is 0.0490. The van der Waals surface area contributed by atoms with Crippen molar-refractivity contribution in [1.82, 2.24) is 19.7 Å². The van der Waals surface area contributed by atoms with Gasteiger partial charge in [-0.1, -0.05) is 17.4 Å². The lowest BCUT2D eigenvalue weighted by Crippen LogP contribution is -2.57. The molecule has 0 spiro atoms. The molecule has 0 unspecified atom stereocenters. The number of pyridine rings is 1. The smallest absolute Gasteiger partial charge is 0.276 e. The highest BCUT2D eigenvalue weighted by molar-refractivity contribution is 7.14. The summed E-state index contributed by atoms with van der Waals surface area (Å²) in [4.78, 5) is 27.7. The molecule has 3 aliphatic rings. The third-order valence-corrected chi connectivity index (χ3v) is 7.47. The lowest BCUT2D eigenvalue weighted by atomic mass is 10.1. The van der Waals surface area contributed by atoms with Crippen LogP contribution in [0.5, 0.6) is 5.75 Å². The van der Waals surface area contributed by atoms with Crippen molar-refractivity contribution in [3.05, 3.63) is 62.5 Å². The summed E-state index contributed by atoms with van der Waals surface area (Å²) in [6.45, 7) is 0.293. The Hall–Kier alpha value is -3.18. The monoisotopic (exact) mass is 472 g/mol. The minimum atomic E-state index is -0.717. The highest BCUT2D eigenvalue weighted by Crippen LogP contribution is 2.39. The highest BCUT2D eigenvalue weighted by Gasteiger charge is 2.47. The average molecular weight is 472 g/mol. The number of halogens is 2. The van der Waals surface area contributed by atoms with Gasteiger partial charge in [0.25, 0.3) is 5.91 Å². The summed E-state index contributed by atoms with van der Waals surface area (Å²) >= 11 is 1.07. The van der Waals surface area contributed by atoms with Gasteiger partial charge in [0.15, 0.2) is 22.7 Å². The number of fused-ring (bicyclic) bond motifs is 5. The maximum Gasteiger partial charge on any atom is 0.276 e. The molecule has 2 bridgehead atoms. The summed E-state index contributed by atoms with van der Waals surface area (Å²) in [6, 6.07) is 3.35. The first-order chi connectivity index (χ1) is 15.9. The quantitative estimate of drug-likeness (QED) is 0.630.